The lowest BCUT2D eigenvalue weighted by Gasteiger charge is -2.32. The van der Waals surface area contributed by atoms with E-state index >= 15 is 0 Å². The van der Waals surface area contributed by atoms with Crippen molar-refractivity contribution >= 4 is 5.91 Å². The second-order valence-electron chi connectivity index (χ2n) is 12.2. The zero-order valence-electron chi connectivity index (χ0n) is 26.2. The molecule has 3 N–H and O–H groups in total. The summed E-state index contributed by atoms with van der Waals surface area (Å²) in [5, 5.41) is 18.8. The maximum Gasteiger partial charge on any atom is 0.416 e. The number of quaternary nitrogens is 1. The predicted octanol–water partition coefficient (Wildman–Crippen LogP) is 4.67. The highest BCUT2D eigenvalue weighted by Gasteiger charge is 2.33. The van der Waals surface area contributed by atoms with Crippen LogP contribution in [0, 0.1) is 29.1 Å². The summed E-state index contributed by atoms with van der Waals surface area (Å²) < 4.78 is 44.9. The van der Waals surface area contributed by atoms with Gasteiger partial charge in [-0.2, -0.15) is 23.5 Å². The van der Waals surface area contributed by atoms with Gasteiger partial charge in [-0.1, -0.05) is 13.0 Å². The second kappa shape index (κ2) is 13.8. The zero-order valence-corrected chi connectivity index (χ0v) is 26.2. The van der Waals surface area contributed by atoms with Gasteiger partial charge in [0.2, 0.25) is 0 Å². The van der Waals surface area contributed by atoms with Crippen LogP contribution in [-0.2, 0) is 13.2 Å². The van der Waals surface area contributed by atoms with Crippen LogP contribution >= 0.6 is 0 Å². The third-order valence-electron chi connectivity index (χ3n) is 9.20. The Hall–Kier alpha value is -4.63. The summed E-state index contributed by atoms with van der Waals surface area (Å²) in [4.78, 5) is 27.9. The molecule has 0 aliphatic heterocycles. The molecule has 0 bridgehead atoms. The van der Waals surface area contributed by atoms with Crippen molar-refractivity contribution in [1.82, 2.24) is 24.5 Å². The van der Waals surface area contributed by atoms with Gasteiger partial charge in [-0.05, 0) is 98.4 Å². The lowest BCUT2D eigenvalue weighted by atomic mass is 9.75. The Labute approximate surface area is 265 Å². The van der Waals surface area contributed by atoms with E-state index in [2.05, 4.69) is 35.8 Å². The first-order chi connectivity index (χ1) is 22.0. The van der Waals surface area contributed by atoms with Crippen LogP contribution in [0.2, 0.25) is 0 Å². The number of nitrogens with two attached hydrogens (primary N) is 1. The van der Waals surface area contributed by atoms with E-state index in [9.17, 15) is 28.0 Å². The molecule has 242 valence electrons. The second-order valence-corrected chi connectivity index (χ2v) is 12.2. The predicted molar refractivity (Wildman–Crippen MR) is 168 cm³/mol. The standard InChI is InChI=1S/C34H38F3N7O2/c1-22(15-17-39-2)25-11-7-24(8-12-25)21-40-32(45)30-31(29-16-18-41-43(29)27-13-9-23(20-38)10-14-27)42(3)44(33(30)46)28-6-4-5-26(19-28)34(35,36)37/h4-6,9-10,13-14,16,18-19,22,24-25,39H,7-8,11-12,15,17,21H2,1-3H3,(H,40,45)/p+1. The molecule has 4 aromatic rings. The Morgan fingerprint density at radius 3 is 2.48 bits per heavy atom. The van der Waals surface area contributed by atoms with Crippen LogP contribution in [0.1, 0.15) is 60.5 Å². The van der Waals surface area contributed by atoms with Crippen LogP contribution in [0.25, 0.3) is 22.8 Å². The number of hydrogen-bond acceptors (Lipinski definition) is 4. The normalized spacial score (nSPS) is 17.4. The molecular weight excluding hydrogens is 595 g/mol. The van der Waals surface area contributed by atoms with Gasteiger partial charge >= 0.3 is 6.18 Å². The number of amides is 1. The summed E-state index contributed by atoms with van der Waals surface area (Å²) in [5.41, 5.74) is -0.256. The van der Waals surface area contributed by atoms with Crippen molar-refractivity contribution in [3.05, 3.63) is 87.8 Å². The number of benzene rings is 2. The molecule has 1 unspecified atom stereocenters. The summed E-state index contributed by atoms with van der Waals surface area (Å²) in [5.74, 6) is 0.985. The van der Waals surface area contributed by atoms with E-state index in [1.807, 2.05) is 0 Å². The molecule has 2 aromatic heterocycles. The van der Waals surface area contributed by atoms with E-state index in [0.29, 0.717) is 35.3 Å². The van der Waals surface area contributed by atoms with E-state index in [-0.39, 0.29) is 22.9 Å². The van der Waals surface area contributed by atoms with E-state index in [1.165, 1.54) is 41.2 Å². The van der Waals surface area contributed by atoms with E-state index in [1.54, 1.807) is 30.3 Å². The number of rotatable bonds is 10. The van der Waals surface area contributed by atoms with Crippen molar-refractivity contribution < 1.29 is 23.3 Å². The fourth-order valence-corrected chi connectivity index (χ4v) is 6.53. The lowest BCUT2D eigenvalue weighted by Crippen LogP contribution is -2.79. The average Bonchev–Trinajstić information content (AvgIpc) is 3.63. The first-order valence-electron chi connectivity index (χ1n) is 15.6. The van der Waals surface area contributed by atoms with Crippen molar-refractivity contribution in [2.45, 2.75) is 45.2 Å². The molecule has 0 radical (unpaired) electrons. The summed E-state index contributed by atoms with van der Waals surface area (Å²) in [6, 6.07) is 14.8. The number of carbonyl (C=O) groups excluding carboxylic acids is 1. The average molecular weight is 635 g/mol. The molecule has 1 aliphatic rings. The summed E-state index contributed by atoms with van der Waals surface area (Å²) in [6.45, 7) is 3.82. The highest BCUT2D eigenvalue weighted by Crippen LogP contribution is 2.35. The fraction of sp³-hybridized carbons (Fsp3) is 0.412. The Morgan fingerprint density at radius 2 is 1.83 bits per heavy atom. The molecule has 46 heavy (non-hydrogen) atoms. The van der Waals surface area contributed by atoms with Crippen LogP contribution in [0.3, 0.4) is 0 Å². The van der Waals surface area contributed by atoms with Gasteiger partial charge in [0.1, 0.15) is 11.3 Å². The number of halogens is 3. The third-order valence-corrected chi connectivity index (χ3v) is 9.20. The van der Waals surface area contributed by atoms with E-state index in [0.717, 1.165) is 49.0 Å². The number of carbonyl (C=O) groups is 1. The molecule has 5 rings (SSSR count). The van der Waals surface area contributed by atoms with Gasteiger partial charge in [-0.3, -0.25) is 14.3 Å². The zero-order chi connectivity index (χ0) is 33.0. The minimum Gasteiger partial charge on any atom is -0.352 e. The number of nitrogens with one attached hydrogen (secondary N) is 1. The van der Waals surface area contributed by atoms with Crippen molar-refractivity contribution in [2.75, 3.05) is 20.1 Å². The lowest BCUT2D eigenvalue weighted by molar-refractivity contribution is -0.628. The highest BCUT2D eigenvalue weighted by atomic mass is 19.4. The molecule has 2 aromatic carbocycles. The van der Waals surface area contributed by atoms with E-state index in [4.69, 9.17) is 0 Å². The number of nitrogens with zero attached hydrogens (tertiary/aromatic N) is 5. The van der Waals surface area contributed by atoms with Crippen molar-refractivity contribution in [2.24, 2.45) is 24.8 Å². The van der Waals surface area contributed by atoms with Crippen molar-refractivity contribution in [3.63, 3.8) is 0 Å². The molecular formula is C34H39F3N7O2+. The smallest absolute Gasteiger partial charge is 0.352 e. The van der Waals surface area contributed by atoms with Crippen molar-refractivity contribution in [3.8, 4) is 28.8 Å². The SMILES string of the molecule is C[NH2+]CCC(C)C1CCC(CNC(=O)c2c(-c3ccnn3-c3ccc(C#N)cc3)n(C)n(-c3cccc(C(F)(F)F)c3)c2=O)CC1. The first kappa shape index (κ1) is 32.8. The minimum absolute atomic E-state index is 0.0276. The van der Waals surface area contributed by atoms with Gasteiger partial charge < -0.3 is 10.6 Å². The van der Waals surface area contributed by atoms with Crippen LogP contribution in [0.15, 0.2) is 65.6 Å². The Morgan fingerprint density at radius 1 is 1.11 bits per heavy atom. The first-order valence-corrected chi connectivity index (χ1v) is 15.6. The summed E-state index contributed by atoms with van der Waals surface area (Å²) in [6.07, 6.45) is 2.21. The fourth-order valence-electron chi connectivity index (χ4n) is 6.53. The molecule has 0 saturated heterocycles. The maximum atomic E-state index is 14.0. The van der Waals surface area contributed by atoms with E-state index < -0.39 is 23.2 Å². The number of alkyl halides is 3. The Bertz CT molecular complexity index is 1770. The number of nitriles is 1. The summed E-state index contributed by atoms with van der Waals surface area (Å²) in [7, 11) is 3.61. The quantitative estimate of drug-likeness (QED) is 0.264. The monoisotopic (exact) mass is 634 g/mol. The number of hydrogen-bond donors (Lipinski definition) is 2. The Kier molecular flexibility index (Phi) is 9.82. The van der Waals surface area contributed by atoms with Crippen molar-refractivity contribution in [1.29, 1.82) is 5.26 Å². The summed E-state index contributed by atoms with van der Waals surface area (Å²) >= 11 is 0. The van der Waals surface area contributed by atoms with Crippen LogP contribution in [0.5, 0.6) is 0 Å². The largest absolute Gasteiger partial charge is 0.416 e. The van der Waals surface area contributed by atoms with Crippen LogP contribution < -0.4 is 16.2 Å². The molecule has 1 aliphatic carbocycles. The molecule has 1 saturated carbocycles. The molecule has 12 heteroatoms. The number of aromatic nitrogens is 4. The third kappa shape index (κ3) is 6.79. The van der Waals surface area contributed by atoms with Gasteiger partial charge in [0.15, 0.2) is 0 Å². The molecule has 1 amide bonds. The van der Waals surface area contributed by atoms with Gasteiger partial charge in [-0.25, -0.2) is 9.36 Å². The van der Waals surface area contributed by atoms with Gasteiger partial charge in [0.05, 0.1) is 54.1 Å². The highest BCUT2D eigenvalue weighted by molar-refractivity contribution is 5.99. The van der Waals surface area contributed by atoms with Crippen LogP contribution in [-0.4, -0.2) is 45.2 Å². The van der Waals surface area contributed by atoms with Crippen LogP contribution in [0.4, 0.5) is 13.2 Å². The topological polar surface area (TPSA) is 114 Å². The Balaban J connectivity index is 1.49. The molecule has 2 heterocycles. The molecule has 1 fully saturated rings. The van der Waals surface area contributed by atoms with Gasteiger partial charge in [0.25, 0.3) is 11.5 Å². The van der Waals surface area contributed by atoms with Gasteiger partial charge in [0, 0.05) is 13.6 Å². The molecule has 0 spiro atoms. The maximum absolute atomic E-state index is 14.0. The minimum atomic E-state index is -4.62. The van der Waals surface area contributed by atoms with Gasteiger partial charge in [-0.15, -0.1) is 0 Å². The molecule has 1 atom stereocenters. The molecule has 9 nitrogen and oxygen atoms in total.